The summed E-state index contributed by atoms with van der Waals surface area (Å²) in [4.78, 5) is 14.1. The van der Waals surface area contributed by atoms with Gasteiger partial charge in [-0.15, -0.1) is 0 Å². The molecular formula is C14H25N3O. The van der Waals surface area contributed by atoms with Crippen LogP contribution < -0.4 is 11.5 Å². The fourth-order valence-corrected chi connectivity index (χ4v) is 4.50. The number of nitrogens with zero attached hydrogens (tertiary/aromatic N) is 1. The molecule has 2 saturated carbocycles. The molecule has 3 aliphatic rings. The summed E-state index contributed by atoms with van der Waals surface area (Å²) < 4.78 is 0. The number of fused-ring (bicyclic) bond motifs is 1. The third-order valence-electron chi connectivity index (χ3n) is 5.52. The van der Waals surface area contributed by atoms with Crippen LogP contribution in [0.1, 0.15) is 51.4 Å². The molecule has 1 aliphatic heterocycles. The highest BCUT2D eigenvalue weighted by molar-refractivity contribution is 5.84. The van der Waals surface area contributed by atoms with Gasteiger partial charge in [0.1, 0.15) is 0 Å². The highest BCUT2D eigenvalue weighted by atomic mass is 16.1. The second kappa shape index (κ2) is 4.49. The third kappa shape index (κ3) is 1.95. The summed E-state index contributed by atoms with van der Waals surface area (Å²) in [6, 6.07) is 1.26. The van der Waals surface area contributed by atoms with Gasteiger partial charge in [-0.05, 0) is 57.4 Å². The maximum absolute atomic E-state index is 11.5. The molecule has 3 fully saturated rings. The molecule has 4 unspecified atom stereocenters. The van der Waals surface area contributed by atoms with Crippen LogP contribution in [0.2, 0.25) is 0 Å². The fraction of sp³-hybridized carbons (Fsp3) is 0.929. The standard InChI is InChI=1S/C14H25N3O/c15-13(18)14(16)7-6-11(9-14)17-8-2-4-10-3-1-5-12(10)17/h10-12H,1-9,16H2,(H2,15,18). The predicted octanol–water partition coefficient (Wildman–Crippen LogP) is 0.986. The Kier molecular flexibility index (Phi) is 3.10. The highest BCUT2D eigenvalue weighted by Gasteiger charge is 2.46. The van der Waals surface area contributed by atoms with E-state index >= 15 is 0 Å². The minimum Gasteiger partial charge on any atom is -0.368 e. The van der Waals surface area contributed by atoms with Gasteiger partial charge in [0.05, 0.1) is 5.54 Å². The topological polar surface area (TPSA) is 72.3 Å². The lowest BCUT2D eigenvalue weighted by Crippen LogP contribution is -2.53. The second-order valence-corrected chi connectivity index (χ2v) is 6.56. The zero-order chi connectivity index (χ0) is 12.8. The third-order valence-corrected chi connectivity index (χ3v) is 5.52. The molecule has 18 heavy (non-hydrogen) atoms. The van der Waals surface area contributed by atoms with E-state index in [0.29, 0.717) is 6.04 Å². The van der Waals surface area contributed by atoms with Crippen LogP contribution in [0, 0.1) is 5.92 Å². The number of hydrogen-bond acceptors (Lipinski definition) is 3. The van der Waals surface area contributed by atoms with Crippen molar-refractivity contribution in [3.05, 3.63) is 0 Å². The molecule has 4 nitrogen and oxygen atoms in total. The molecular weight excluding hydrogens is 226 g/mol. The van der Waals surface area contributed by atoms with Gasteiger partial charge in [0.25, 0.3) is 0 Å². The Labute approximate surface area is 109 Å². The molecule has 1 heterocycles. The van der Waals surface area contributed by atoms with Crippen LogP contribution >= 0.6 is 0 Å². The maximum Gasteiger partial charge on any atom is 0.237 e. The summed E-state index contributed by atoms with van der Waals surface area (Å²) in [6.07, 6.45) is 9.41. The van der Waals surface area contributed by atoms with E-state index in [9.17, 15) is 4.79 Å². The van der Waals surface area contributed by atoms with Crippen LogP contribution in [0.25, 0.3) is 0 Å². The first-order valence-electron chi connectivity index (χ1n) is 7.45. The lowest BCUT2D eigenvalue weighted by Gasteiger charge is -2.42. The molecule has 1 amide bonds. The van der Waals surface area contributed by atoms with E-state index in [-0.39, 0.29) is 5.91 Å². The molecule has 0 aromatic heterocycles. The SMILES string of the molecule is NC(=O)C1(N)CCC(N2CCCC3CCCC32)C1. The first-order valence-corrected chi connectivity index (χ1v) is 7.45. The van der Waals surface area contributed by atoms with Gasteiger partial charge in [-0.3, -0.25) is 9.69 Å². The normalized spacial score (nSPS) is 45.1. The predicted molar refractivity (Wildman–Crippen MR) is 70.8 cm³/mol. The highest BCUT2D eigenvalue weighted by Crippen LogP contribution is 2.41. The summed E-state index contributed by atoms with van der Waals surface area (Å²) in [6.45, 7) is 1.20. The smallest absolute Gasteiger partial charge is 0.237 e. The summed E-state index contributed by atoms with van der Waals surface area (Å²) in [5.41, 5.74) is 10.8. The van der Waals surface area contributed by atoms with Crippen LogP contribution in [0.15, 0.2) is 0 Å². The Bertz CT molecular complexity index is 346. The van der Waals surface area contributed by atoms with Crippen molar-refractivity contribution in [2.45, 2.75) is 69.0 Å². The molecule has 4 atom stereocenters. The van der Waals surface area contributed by atoms with Crippen molar-refractivity contribution in [2.24, 2.45) is 17.4 Å². The van der Waals surface area contributed by atoms with Gasteiger partial charge in [-0.2, -0.15) is 0 Å². The zero-order valence-electron chi connectivity index (χ0n) is 11.1. The average molecular weight is 251 g/mol. The van der Waals surface area contributed by atoms with Crippen molar-refractivity contribution in [1.29, 1.82) is 0 Å². The molecule has 3 rings (SSSR count). The number of carbonyl (C=O) groups is 1. The second-order valence-electron chi connectivity index (χ2n) is 6.56. The van der Waals surface area contributed by atoms with E-state index in [1.54, 1.807) is 0 Å². The number of rotatable bonds is 2. The van der Waals surface area contributed by atoms with Crippen molar-refractivity contribution >= 4 is 5.91 Å². The summed E-state index contributed by atoms with van der Waals surface area (Å²) in [5.74, 6) is 0.588. The van der Waals surface area contributed by atoms with Gasteiger partial charge in [0, 0.05) is 12.1 Å². The lowest BCUT2D eigenvalue weighted by molar-refractivity contribution is -0.123. The molecule has 2 aliphatic carbocycles. The van der Waals surface area contributed by atoms with E-state index < -0.39 is 5.54 Å². The van der Waals surface area contributed by atoms with Crippen molar-refractivity contribution in [1.82, 2.24) is 4.90 Å². The zero-order valence-corrected chi connectivity index (χ0v) is 11.1. The van der Waals surface area contributed by atoms with E-state index in [4.69, 9.17) is 11.5 Å². The lowest BCUT2D eigenvalue weighted by atomic mass is 9.90. The van der Waals surface area contributed by atoms with Crippen LogP contribution in [-0.4, -0.2) is 35.0 Å². The Hall–Kier alpha value is -0.610. The minimum atomic E-state index is -0.740. The van der Waals surface area contributed by atoms with Crippen molar-refractivity contribution in [3.63, 3.8) is 0 Å². The van der Waals surface area contributed by atoms with Gasteiger partial charge in [0.15, 0.2) is 0 Å². The largest absolute Gasteiger partial charge is 0.368 e. The molecule has 0 aromatic rings. The first-order chi connectivity index (χ1) is 8.60. The monoisotopic (exact) mass is 251 g/mol. The average Bonchev–Trinajstić information content (AvgIpc) is 2.95. The van der Waals surface area contributed by atoms with Gasteiger partial charge in [0.2, 0.25) is 5.91 Å². The molecule has 0 spiro atoms. The van der Waals surface area contributed by atoms with Crippen molar-refractivity contribution in [3.8, 4) is 0 Å². The molecule has 1 saturated heterocycles. The quantitative estimate of drug-likeness (QED) is 0.768. The van der Waals surface area contributed by atoms with E-state index in [0.717, 1.165) is 31.2 Å². The molecule has 0 aromatic carbocycles. The van der Waals surface area contributed by atoms with Crippen LogP contribution in [0.5, 0.6) is 0 Å². The maximum atomic E-state index is 11.5. The van der Waals surface area contributed by atoms with Gasteiger partial charge in [-0.1, -0.05) is 6.42 Å². The number of hydrogen-bond donors (Lipinski definition) is 2. The Morgan fingerprint density at radius 2 is 1.94 bits per heavy atom. The van der Waals surface area contributed by atoms with Crippen molar-refractivity contribution in [2.75, 3.05) is 6.54 Å². The number of piperidine rings is 1. The van der Waals surface area contributed by atoms with E-state index in [2.05, 4.69) is 4.90 Å². The van der Waals surface area contributed by atoms with E-state index in [1.807, 2.05) is 0 Å². The van der Waals surface area contributed by atoms with Crippen molar-refractivity contribution < 1.29 is 4.79 Å². The van der Waals surface area contributed by atoms with Crippen LogP contribution in [0.3, 0.4) is 0 Å². The number of primary amides is 1. The number of likely N-dealkylation sites (tertiary alicyclic amines) is 1. The summed E-state index contributed by atoms with van der Waals surface area (Å²) in [7, 11) is 0. The molecule has 4 N–H and O–H groups in total. The van der Waals surface area contributed by atoms with Gasteiger partial charge < -0.3 is 11.5 Å². The summed E-state index contributed by atoms with van der Waals surface area (Å²) >= 11 is 0. The van der Waals surface area contributed by atoms with Gasteiger partial charge >= 0.3 is 0 Å². The summed E-state index contributed by atoms with van der Waals surface area (Å²) in [5, 5.41) is 0. The number of nitrogens with two attached hydrogens (primary N) is 2. The fourth-order valence-electron chi connectivity index (χ4n) is 4.50. The Balaban J connectivity index is 1.70. The molecule has 0 radical (unpaired) electrons. The molecule has 102 valence electrons. The van der Waals surface area contributed by atoms with Crippen LogP contribution in [-0.2, 0) is 4.79 Å². The number of carbonyl (C=O) groups excluding carboxylic acids is 1. The van der Waals surface area contributed by atoms with E-state index in [1.165, 1.54) is 38.6 Å². The number of amides is 1. The minimum absolute atomic E-state index is 0.315. The molecule has 4 heteroatoms. The van der Waals surface area contributed by atoms with Crippen LogP contribution in [0.4, 0.5) is 0 Å². The Morgan fingerprint density at radius 3 is 2.67 bits per heavy atom. The Morgan fingerprint density at radius 1 is 1.17 bits per heavy atom. The first kappa shape index (κ1) is 12.4. The van der Waals surface area contributed by atoms with Gasteiger partial charge in [-0.25, -0.2) is 0 Å². The molecule has 0 bridgehead atoms.